The summed E-state index contributed by atoms with van der Waals surface area (Å²) in [5.41, 5.74) is 0.294. The van der Waals surface area contributed by atoms with E-state index in [1.165, 1.54) is 16.2 Å². The second kappa shape index (κ2) is 9.40. The van der Waals surface area contributed by atoms with Crippen molar-refractivity contribution in [1.29, 1.82) is 0 Å². The van der Waals surface area contributed by atoms with E-state index in [0.29, 0.717) is 12.0 Å². The van der Waals surface area contributed by atoms with Crippen LogP contribution in [0, 0.1) is 0 Å². The fourth-order valence-corrected chi connectivity index (χ4v) is 7.08. The second-order valence-electron chi connectivity index (χ2n) is 8.62. The van der Waals surface area contributed by atoms with Crippen LogP contribution in [0.2, 0.25) is 0 Å². The van der Waals surface area contributed by atoms with Crippen LogP contribution >= 0.6 is 11.5 Å². The minimum atomic E-state index is -3.68. The highest BCUT2D eigenvalue weighted by Crippen LogP contribution is 2.31. The molecule has 0 radical (unpaired) electrons. The minimum Gasteiger partial charge on any atom is -0.353 e. The summed E-state index contributed by atoms with van der Waals surface area (Å²) >= 11 is 1.57. The molecule has 0 atom stereocenters. The molecule has 174 valence electrons. The molecular weight excluding hydrogens is 456 g/mol. The fourth-order valence-electron chi connectivity index (χ4n) is 4.68. The van der Waals surface area contributed by atoms with Crippen LogP contribution in [0.15, 0.2) is 53.4 Å². The van der Waals surface area contributed by atoms with Gasteiger partial charge in [-0.1, -0.05) is 37.1 Å². The van der Waals surface area contributed by atoms with Crippen LogP contribution < -0.4 is 4.90 Å². The lowest BCUT2D eigenvalue weighted by Crippen LogP contribution is -2.46. The van der Waals surface area contributed by atoms with Gasteiger partial charge in [0.25, 0.3) is 15.9 Å². The Morgan fingerprint density at radius 3 is 2.33 bits per heavy atom. The van der Waals surface area contributed by atoms with Gasteiger partial charge in [0.15, 0.2) is 0 Å². The molecule has 2 aliphatic rings. The Kier molecular flexibility index (Phi) is 6.36. The highest BCUT2D eigenvalue weighted by molar-refractivity contribution is 7.90. The predicted octanol–water partition coefficient (Wildman–Crippen LogP) is 3.82. The van der Waals surface area contributed by atoms with Crippen molar-refractivity contribution in [1.82, 2.24) is 13.6 Å². The first kappa shape index (κ1) is 22.3. The van der Waals surface area contributed by atoms with E-state index in [4.69, 9.17) is 0 Å². The third-order valence-corrected chi connectivity index (χ3v) is 9.19. The van der Waals surface area contributed by atoms with Gasteiger partial charge in [-0.25, -0.2) is 12.7 Å². The van der Waals surface area contributed by atoms with Crippen molar-refractivity contribution in [2.75, 3.05) is 44.2 Å². The highest BCUT2D eigenvalue weighted by atomic mass is 32.2. The summed E-state index contributed by atoms with van der Waals surface area (Å²) in [5, 5.41) is 1.25. The van der Waals surface area contributed by atoms with Gasteiger partial charge in [-0.2, -0.15) is 4.37 Å². The number of hydrogen-bond donors (Lipinski definition) is 0. The maximum Gasteiger partial charge on any atom is 0.269 e. The minimum absolute atomic E-state index is 0.139. The van der Waals surface area contributed by atoms with E-state index in [1.54, 1.807) is 29.7 Å². The molecule has 1 aromatic heterocycles. The zero-order chi connectivity index (χ0) is 22.8. The van der Waals surface area contributed by atoms with Gasteiger partial charge in [0.1, 0.15) is 10.7 Å². The molecular formula is C24H28N4O3S2. The Balaban J connectivity index is 1.02. The molecule has 5 rings (SSSR count). The summed E-state index contributed by atoms with van der Waals surface area (Å²) in [6, 6.07) is 14.9. The molecule has 2 aromatic carbocycles. The van der Waals surface area contributed by atoms with E-state index in [2.05, 4.69) is 38.4 Å². The number of unbranched alkanes of at least 4 members (excludes halogenated alkanes) is 3. The van der Waals surface area contributed by atoms with Gasteiger partial charge in [-0.3, -0.25) is 9.69 Å². The molecule has 9 heteroatoms. The number of fused-ring (bicyclic) bond motifs is 2. The second-order valence-corrected chi connectivity index (χ2v) is 11.3. The molecule has 0 spiro atoms. The Labute approximate surface area is 198 Å². The van der Waals surface area contributed by atoms with Crippen molar-refractivity contribution in [2.24, 2.45) is 0 Å². The first-order chi connectivity index (χ1) is 16.1. The molecule has 2 aliphatic heterocycles. The molecule has 33 heavy (non-hydrogen) atoms. The van der Waals surface area contributed by atoms with E-state index < -0.39 is 15.9 Å². The number of nitrogens with zero attached hydrogens (tertiary/aromatic N) is 4. The van der Waals surface area contributed by atoms with Crippen molar-refractivity contribution in [3.05, 3.63) is 54.1 Å². The number of anilines is 1. The number of carbonyl (C=O) groups is 1. The first-order valence-electron chi connectivity index (χ1n) is 11.5. The molecule has 7 nitrogen and oxygen atoms in total. The van der Waals surface area contributed by atoms with Gasteiger partial charge in [0.05, 0.1) is 10.3 Å². The SMILES string of the molecule is O=C1c2ccccc2S(=O)(=O)N1CCCCCCN1CCN(c2nsc3ccccc23)CC1. The molecule has 0 unspecified atom stereocenters. The van der Waals surface area contributed by atoms with E-state index in [0.717, 1.165) is 62.1 Å². The molecule has 1 fully saturated rings. The van der Waals surface area contributed by atoms with E-state index in [-0.39, 0.29) is 11.4 Å². The molecule has 0 N–H and O–H groups in total. The van der Waals surface area contributed by atoms with Crippen molar-refractivity contribution >= 4 is 43.4 Å². The summed E-state index contributed by atoms with van der Waals surface area (Å²) in [7, 11) is -3.68. The van der Waals surface area contributed by atoms with Crippen molar-refractivity contribution in [3.8, 4) is 0 Å². The Morgan fingerprint density at radius 2 is 1.55 bits per heavy atom. The van der Waals surface area contributed by atoms with Crippen LogP contribution in [-0.2, 0) is 10.0 Å². The largest absolute Gasteiger partial charge is 0.353 e. The lowest BCUT2D eigenvalue weighted by atomic mass is 10.1. The zero-order valence-electron chi connectivity index (χ0n) is 18.5. The Morgan fingerprint density at radius 1 is 0.848 bits per heavy atom. The lowest BCUT2D eigenvalue weighted by molar-refractivity contribution is 0.0869. The quantitative estimate of drug-likeness (QED) is 0.453. The van der Waals surface area contributed by atoms with Gasteiger partial charge in [0, 0.05) is 38.1 Å². The average molecular weight is 485 g/mol. The summed E-state index contributed by atoms with van der Waals surface area (Å²) in [5.74, 6) is 0.722. The standard InChI is InChI=1S/C24H28N4O3S2/c29-24-20-10-4-6-12-22(20)33(30,31)28(24)14-8-2-1-7-13-26-15-17-27(18-16-26)23-19-9-3-5-11-21(19)32-25-23/h3-6,9-12H,1-2,7-8,13-18H2. The summed E-state index contributed by atoms with van der Waals surface area (Å²) in [6.45, 7) is 5.36. The molecule has 3 heterocycles. The summed E-state index contributed by atoms with van der Waals surface area (Å²) < 4.78 is 32.2. The van der Waals surface area contributed by atoms with Gasteiger partial charge in [-0.15, -0.1) is 0 Å². The zero-order valence-corrected chi connectivity index (χ0v) is 20.2. The van der Waals surface area contributed by atoms with Gasteiger partial charge in [-0.05, 0) is 55.2 Å². The number of sulfonamides is 1. The monoisotopic (exact) mass is 484 g/mol. The molecule has 3 aromatic rings. The fraction of sp³-hybridized carbons (Fsp3) is 0.417. The van der Waals surface area contributed by atoms with Gasteiger partial charge in [0.2, 0.25) is 0 Å². The van der Waals surface area contributed by atoms with Crippen LogP contribution in [-0.4, -0.2) is 67.2 Å². The van der Waals surface area contributed by atoms with Crippen molar-refractivity contribution < 1.29 is 13.2 Å². The van der Waals surface area contributed by atoms with Crippen LogP contribution in [0.5, 0.6) is 0 Å². The van der Waals surface area contributed by atoms with Crippen LogP contribution in [0.3, 0.4) is 0 Å². The Bertz CT molecular complexity index is 1250. The van der Waals surface area contributed by atoms with Crippen molar-refractivity contribution in [2.45, 2.75) is 30.6 Å². The van der Waals surface area contributed by atoms with E-state index in [9.17, 15) is 13.2 Å². The number of carbonyl (C=O) groups excluding carboxylic acids is 1. The van der Waals surface area contributed by atoms with Crippen LogP contribution in [0.1, 0.15) is 36.0 Å². The van der Waals surface area contributed by atoms with Gasteiger partial charge < -0.3 is 4.90 Å². The number of piperazine rings is 1. The van der Waals surface area contributed by atoms with Crippen molar-refractivity contribution in [3.63, 3.8) is 0 Å². The highest BCUT2D eigenvalue weighted by Gasteiger charge is 2.40. The number of amides is 1. The molecule has 0 saturated carbocycles. The topological polar surface area (TPSA) is 73.8 Å². The number of aromatic nitrogens is 1. The first-order valence-corrected chi connectivity index (χ1v) is 13.7. The third kappa shape index (κ3) is 4.37. The average Bonchev–Trinajstić information content (AvgIpc) is 3.35. The summed E-state index contributed by atoms with van der Waals surface area (Å²) in [6.07, 6.45) is 3.73. The smallest absolute Gasteiger partial charge is 0.269 e. The predicted molar refractivity (Wildman–Crippen MR) is 131 cm³/mol. The van der Waals surface area contributed by atoms with E-state index >= 15 is 0 Å². The van der Waals surface area contributed by atoms with Crippen LogP contribution in [0.4, 0.5) is 5.82 Å². The Hall–Kier alpha value is -2.49. The summed E-state index contributed by atoms with van der Waals surface area (Å²) in [4.78, 5) is 17.5. The lowest BCUT2D eigenvalue weighted by Gasteiger charge is -2.35. The third-order valence-electron chi connectivity index (χ3n) is 6.53. The maximum absolute atomic E-state index is 12.6. The maximum atomic E-state index is 12.6. The number of hydrogen-bond acceptors (Lipinski definition) is 7. The van der Waals surface area contributed by atoms with Crippen LogP contribution in [0.25, 0.3) is 10.1 Å². The number of rotatable bonds is 8. The molecule has 1 saturated heterocycles. The normalized spacial score (nSPS) is 18.2. The molecule has 0 bridgehead atoms. The van der Waals surface area contributed by atoms with E-state index in [1.807, 2.05) is 0 Å². The molecule has 0 aliphatic carbocycles. The molecule has 1 amide bonds. The number of benzene rings is 2. The van der Waals surface area contributed by atoms with Gasteiger partial charge >= 0.3 is 0 Å².